The summed E-state index contributed by atoms with van der Waals surface area (Å²) in [6.07, 6.45) is 1.17. The number of benzene rings is 4. The fourth-order valence-electron chi connectivity index (χ4n) is 6.87. The highest BCUT2D eigenvalue weighted by Crippen LogP contribution is 2.55. The van der Waals surface area contributed by atoms with E-state index in [-0.39, 0.29) is 16.0 Å². The molecule has 6 nitrogen and oxygen atoms in total. The third kappa shape index (κ3) is 3.94. The first kappa shape index (κ1) is 27.3. The molecule has 4 aromatic carbocycles. The van der Waals surface area contributed by atoms with Crippen LogP contribution in [0.5, 0.6) is 0 Å². The van der Waals surface area contributed by atoms with Crippen molar-refractivity contribution in [2.24, 2.45) is 0 Å². The molecule has 7 rings (SSSR count). The van der Waals surface area contributed by atoms with Crippen LogP contribution in [-0.2, 0) is 20.7 Å². The average Bonchev–Trinajstić information content (AvgIpc) is 2.98. The second-order valence-corrected chi connectivity index (χ2v) is 14.4. The van der Waals surface area contributed by atoms with E-state index >= 15 is 0 Å². The van der Waals surface area contributed by atoms with Crippen LogP contribution >= 0.6 is 0 Å². The van der Waals surface area contributed by atoms with Gasteiger partial charge in [-0.05, 0) is 53.4 Å². The van der Waals surface area contributed by atoms with Crippen molar-refractivity contribution < 1.29 is 8.42 Å². The molecular weight excluding hydrogens is 552 g/mol. The Bertz CT molecular complexity index is 1820. The maximum absolute atomic E-state index is 13.2. The lowest BCUT2D eigenvalue weighted by Gasteiger charge is -2.43. The highest BCUT2D eigenvalue weighted by atomic mass is 32.2. The molecule has 2 aliphatic heterocycles. The van der Waals surface area contributed by atoms with Crippen LogP contribution < -0.4 is 9.80 Å². The number of hydrogen-bond acceptors (Lipinski definition) is 6. The van der Waals surface area contributed by atoms with Gasteiger partial charge in [0.15, 0.2) is 0 Å². The van der Waals surface area contributed by atoms with Gasteiger partial charge in [-0.3, -0.25) is 9.80 Å². The summed E-state index contributed by atoms with van der Waals surface area (Å²) in [5.41, 5.74) is 8.72. The minimum Gasteiger partial charge on any atom is -0.294 e. The molecule has 0 spiro atoms. The number of aromatic nitrogens is 2. The van der Waals surface area contributed by atoms with E-state index in [0.29, 0.717) is 11.6 Å². The molecule has 5 aromatic rings. The molecule has 0 amide bonds. The molecule has 0 radical (unpaired) electrons. The number of para-hydroxylation sites is 4. The predicted octanol–water partition coefficient (Wildman–Crippen LogP) is 8.41. The van der Waals surface area contributed by atoms with Crippen LogP contribution in [0.3, 0.4) is 0 Å². The molecule has 0 fully saturated rings. The first-order valence-electron chi connectivity index (χ1n) is 14.5. The SMILES string of the molecule is Cc1c(N2c3ccccc3C(C)(C)c3ccccc32)nc(S(C)(=O)=O)nc1N1c2ccccc2C(C)(C)c2ccccc21. The van der Waals surface area contributed by atoms with Gasteiger partial charge in [-0.25, -0.2) is 8.42 Å². The van der Waals surface area contributed by atoms with Crippen molar-refractivity contribution >= 4 is 44.2 Å². The van der Waals surface area contributed by atoms with Gasteiger partial charge in [0, 0.05) is 22.6 Å². The van der Waals surface area contributed by atoms with Crippen molar-refractivity contribution in [3.8, 4) is 0 Å². The maximum Gasteiger partial charge on any atom is 0.250 e. The van der Waals surface area contributed by atoms with E-state index in [9.17, 15) is 8.42 Å². The Morgan fingerprint density at radius 3 is 1.09 bits per heavy atom. The smallest absolute Gasteiger partial charge is 0.250 e. The van der Waals surface area contributed by atoms with Crippen molar-refractivity contribution in [3.05, 3.63) is 125 Å². The summed E-state index contributed by atoms with van der Waals surface area (Å²) < 4.78 is 26.5. The van der Waals surface area contributed by atoms with Crippen LogP contribution in [0.25, 0.3) is 0 Å². The van der Waals surface area contributed by atoms with Crippen LogP contribution in [-0.4, -0.2) is 24.6 Å². The predicted molar refractivity (Wildman–Crippen MR) is 174 cm³/mol. The van der Waals surface area contributed by atoms with Gasteiger partial charge in [0.1, 0.15) is 11.6 Å². The molecule has 0 unspecified atom stereocenters. The van der Waals surface area contributed by atoms with Crippen molar-refractivity contribution in [2.45, 2.75) is 50.6 Å². The Labute approximate surface area is 253 Å². The lowest BCUT2D eigenvalue weighted by atomic mass is 9.73. The first-order valence-corrected chi connectivity index (χ1v) is 16.4. The van der Waals surface area contributed by atoms with Crippen molar-refractivity contribution in [1.29, 1.82) is 0 Å². The van der Waals surface area contributed by atoms with Gasteiger partial charge in [0.2, 0.25) is 9.84 Å². The third-order valence-electron chi connectivity index (χ3n) is 9.10. The van der Waals surface area contributed by atoms with Crippen LogP contribution in [0.4, 0.5) is 34.4 Å². The van der Waals surface area contributed by atoms with Gasteiger partial charge in [0.25, 0.3) is 5.16 Å². The second kappa shape index (κ2) is 9.25. The Morgan fingerprint density at radius 2 is 0.814 bits per heavy atom. The molecular formula is C36H34N4O2S. The van der Waals surface area contributed by atoms with E-state index in [1.165, 1.54) is 6.26 Å². The number of nitrogens with zero attached hydrogens (tertiary/aromatic N) is 4. The van der Waals surface area contributed by atoms with E-state index in [2.05, 4.69) is 110 Å². The first-order chi connectivity index (χ1) is 20.4. The normalized spacial score (nSPS) is 16.1. The molecule has 0 aliphatic carbocycles. The molecule has 0 saturated heterocycles. The molecule has 0 saturated carbocycles. The average molecular weight is 587 g/mol. The molecule has 0 atom stereocenters. The van der Waals surface area contributed by atoms with Crippen LogP contribution in [0.15, 0.2) is 102 Å². The quantitative estimate of drug-likeness (QED) is 0.198. The van der Waals surface area contributed by atoms with E-state index in [1.54, 1.807) is 0 Å². The monoisotopic (exact) mass is 586 g/mol. The minimum absolute atomic E-state index is 0.206. The fraction of sp³-hybridized carbons (Fsp3) is 0.222. The van der Waals surface area contributed by atoms with E-state index < -0.39 is 9.84 Å². The molecule has 1 aromatic heterocycles. The summed E-state index contributed by atoms with van der Waals surface area (Å²) in [4.78, 5) is 13.8. The summed E-state index contributed by atoms with van der Waals surface area (Å²) in [5, 5.41) is -0.206. The van der Waals surface area contributed by atoms with Crippen LogP contribution in [0, 0.1) is 6.92 Å². The number of sulfone groups is 1. The Hall–Kier alpha value is -4.49. The van der Waals surface area contributed by atoms with Gasteiger partial charge in [-0.1, -0.05) is 100 Å². The van der Waals surface area contributed by atoms with Gasteiger partial charge >= 0.3 is 0 Å². The van der Waals surface area contributed by atoms with E-state index in [1.807, 2.05) is 31.2 Å². The largest absolute Gasteiger partial charge is 0.294 e. The maximum atomic E-state index is 13.2. The van der Waals surface area contributed by atoms with Gasteiger partial charge in [-0.2, -0.15) is 9.97 Å². The summed E-state index contributed by atoms with van der Waals surface area (Å²) >= 11 is 0. The molecule has 3 heterocycles. The number of fused-ring (bicyclic) bond motifs is 4. The zero-order chi connectivity index (χ0) is 30.3. The standard InChI is InChI=1S/C36H34N4O2S/c1-23-32(39-28-19-11-7-15-24(28)35(2,3)25-16-8-12-20-29(25)39)37-34(43(6,41)42)38-33(23)40-30-21-13-9-17-26(30)36(4,5)27-18-10-14-22-31(27)40/h7-22H,1-6H3. The topological polar surface area (TPSA) is 66.4 Å². The van der Waals surface area contributed by atoms with E-state index in [4.69, 9.17) is 9.97 Å². The second-order valence-electron chi connectivity index (χ2n) is 12.5. The molecule has 216 valence electrons. The Kier molecular flexibility index (Phi) is 5.89. The van der Waals surface area contributed by atoms with Crippen LogP contribution in [0.1, 0.15) is 55.5 Å². The van der Waals surface area contributed by atoms with Crippen molar-refractivity contribution in [1.82, 2.24) is 9.97 Å². The molecule has 0 bridgehead atoms. The lowest BCUT2D eigenvalue weighted by molar-refractivity contribution is 0.592. The number of anilines is 6. The number of hydrogen-bond donors (Lipinski definition) is 0. The minimum atomic E-state index is -3.77. The highest BCUT2D eigenvalue weighted by Gasteiger charge is 2.41. The van der Waals surface area contributed by atoms with E-state index in [0.717, 1.165) is 50.6 Å². The molecule has 2 aliphatic rings. The van der Waals surface area contributed by atoms with Crippen molar-refractivity contribution in [2.75, 3.05) is 16.1 Å². The van der Waals surface area contributed by atoms with Gasteiger partial charge in [0.05, 0.1) is 22.7 Å². The lowest BCUT2D eigenvalue weighted by Crippen LogP contribution is -2.33. The van der Waals surface area contributed by atoms with Crippen LogP contribution in [0.2, 0.25) is 0 Å². The third-order valence-corrected chi connectivity index (χ3v) is 9.95. The zero-order valence-corrected chi connectivity index (χ0v) is 26.1. The molecule has 0 N–H and O–H groups in total. The van der Waals surface area contributed by atoms with Crippen molar-refractivity contribution in [3.63, 3.8) is 0 Å². The number of rotatable bonds is 3. The fourth-order valence-corrected chi connectivity index (χ4v) is 7.37. The van der Waals surface area contributed by atoms with Gasteiger partial charge in [-0.15, -0.1) is 0 Å². The Morgan fingerprint density at radius 1 is 0.535 bits per heavy atom. The molecule has 43 heavy (non-hydrogen) atoms. The molecule has 7 heteroatoms. The summed E-state index contributed by atoms with van der Waals surface area (Å²) in [5.74, 6) is 1.08. The Balaban J connectivity index is 1.57. The highest BCUT2D eigenvalue weighted by molar-refractivity contribution is 7.90. The van der Waals surface area contributed by atoms with Gasteiger partial charge < -0.3 is 0 Å². The summed E-state index contributed by atoms with van der Waals surface area (Å²) in [7, 11) is -3.77. The summed E-state index contributed by atoms with van der Waals surface area (Å²) in [6, 6.07) is 33.2. The summed E-state index contributed by atoms with van der Waals surface area (Å²) in [6.45, 7) is 10.9. The zero-order valence-electron chi connectivity index (χ0n) is 25.3.